The molecule has 122 valence electrons. The summed E-state index contributed by atoms with van der Waals surface area (Å²) >= 11 is 5.56. The Bertz CT molecular complexity index is 656. The number of hydrogen-bond acceptors (Lipinski definition) is 3. The number of sulfone groups is 1. The predicted octanol–water partition coefficient (Wildman–Crippen LogP) is 2.90. The van der Waals surface area contributed by atoms with Crippen LogP contribution in [0, 0.1) is 13.8 Å². The van der Waals surface area contributed by atoms with Crippen molar-refractivity contribution in [1.82, 2.24) is 4.90 Å². The largest absolute Gasteiger partial charge is 0.345 e. The maximum Gasteiger partial charge on any atom is 0.173 e. The van der Waals surface area contributed by atoms with Crippen LogP contribution in [0.4, 0.5) is 5.69 Å². The van der Waals surface area contributed by atoms with Crippen molar-refractivity contribution in [3.05, 3.63) is 29.3 Å². The van der Waals surface area contributed by atoms with Crippen LogP contribution in [0.25, 0.3) is 0 Å². The molecule has 0 saturated carbocycles. The first-order valence-electron chi connectivity index (χ1n) is 7.68. The third-order valence-corrected chi connectivity index (χ3v) is 6.31. The molecule has 0 aromatic heterocycles. The molecule has 2 rings (SSSR count). The lowest BCUT2D eigenvalue weighted by atomic mass is 10.1. The van der Waals surface area contributed by atoms with Gasteiger partial charge in [0.05, 0.1) is 11.5 Å². The average Bonchev–Trinajstić information content (AvgIpc) is 2.81. The summed E-state index contributed by atoms with van der Waals surface area (Å²) in [4.78, 5) is 2.04. The zero-order valence-corrected chi connectivity index (χ0v) is 15.1. The molecule has 1 saturated heterocycles. The van der Waals surface area contributed by atoms with Gasteiger partial charge in [0.25, 0.3) is 0 Å². The highest BCUT2D eigenvalue weighted by molar-refractivity contribution is 7.91. The SMILES string of the molecule is CCCN(C(=S)Nc1cccc(C)c1C)[C@H]1CCS(=O)(=O)C1. The second-order valence-electron chi connectivity index (χ2n) is 5.93. The normalized spacial score (nSPS) is 19.9. The fraction of sp³-hybridized carbons (Fsp3) is 0.562. The highest BCUT2D eigenvalue weighted by atomic mass is 32.2. The van der Waals surface area contributed by atoms with Crippen LogP contribution in [-0.2, 0) is 9.84 Å². The number of hydrogen-bond donors (Lipinski definition) is 1. The zero-order chi connectivity index (χ0) is 16.3. The van der Waals surface area contributed by atoms with E-state index in [0.29, 0.717) is 11.5 Å². The predicted molar refractivity (Wildman–Crippen MR) is 96.2 cm³/mol. The standard InChI is InChI=1S/C16H24N2O2S2/c1-4-9-18(14-8-10-22(19,20)11-14)16(21)17-15-7-5-6-12(2)13(15)3/h5-7,14H,4,8-11H2,1-3H3,(H,17,21)/t14-/m0/s1. The Morgan fingerprint density at radius 3 is 2.73 bits per heavy atom. The van der Waals surface area contributed by atoms with Crippen LogP contribution < -0.4 is 5.32 Å². The van der Waals surface area contributed by atoms with Crippen LogP contribution in [-0.4, -0.2) is 42.5 Å². The highest BCUT2D eigenvalue weighted by Gasteiger charge is 2.33. The van der Waals surface area contributed by atoms with Crippen molar-refractivity contribution in [3.8, 4) is 0 Å². The Hall–Kier alpha value is -1.14. The second kappa shape index (κ2) is 6.96. The van der Waals surface area contributed by atoms with Gasteiger partial charge in [-0.05, 0) is 56.1 Å². The molecule has 0 spiro atoms. The molecule has 0 amide bonds. The van der Waals surface area contributed by atoms with Crippen LogP contribution in [0.2, 0.25) is 0 Å². The van der Waals surface area contributed by atoms with E-state index in [1.165, 1.54) is 11.1 Å². The number of benzene rings is 1. The molecule has 0 radical (unpaired) electrons. The first-order valence-corrected chi connectivity index (χ1v) is 9.91. The van der Waals surface area contributed by atoms with E-state index in [2.05, 4.69) is 32.2 Å². The zero-order valence-electron chi connectivity index (χ0n) is 13.4. The van der Waals surface area contributed by atoms with Gasteiger partial charge in [0.15, 0.2) is 14.9 Å². The van der Waals surface area contributed by atoms with Gasteiger partial charge in [-0.2, -0.15) is 0 Å². The van der Waals surface area contributed by atoms with Gasteiger partial charge in [0, 0.05) is 18.3 Å². The molecule has 1 N–H and O–H groups in total. The Balaban J connectivity index is 2.15. The number of nitrogens with one attached hydrogen (secondary N) is 1. The lowest BCUT2D eigenvalue weighted by molar-refractivity contribution is 0.339. The van der Waals surface area contributed by atoms with Crippen molar-refractivity contribution < 1.29 is 8.42 Å². The van der Waals surface area contributed by atoms with Gasteiger partial charge in [-0.15, -0.1) is 0 Å². The number of thiocarbonyl (C=S) groups is 1. The Kier molecular flexibility index (Phi) is 5.45. The van der Waals surface area contributed by atoms with Gasteiger partial charge < -0.3 is 10.2 Å². The number of nitrogens with zero attached hydrogens (tertiary/aromatic N) is 1. The molecular weight excluding hydrogens is 316 g/mol. The Labute approximate surface area is 138 Å². The molecule has 0 bridgehead atoms. The minimum atomic E-state index is -2.91. The molecule has 1 aromatic rings. The second-order valence-corrected chi connectivity index (χ2v) is 8.54. The Morgan fingerprint density at radius 2 is 2.14 bits per heavy atom. The van der Waals surface area contributed by atoms with E-state index in [0.717, 1.165) is 18.7 Å². The van der Waals surface area contributed by atoms with E-state index in [1.54, 1.807) is 0 Å². The topological polar surface area (TPSA) is 49.4 Å². The lowest BCUT2D eigenvalue weighted by Gasteiger charge is -2.31. The summed E-state index contributed by atoms with van der Waals surface area (Å²) in [5, 5.41) is 3.93. The smallest absolute Gasteiger partial charge is 0.173 e. The van der Waals surface area contributed by atoms with Crippen molar-refractivity contribution in [3.63, 3.8) is 0 Å². The summed E-state index contributed by atoms with van der Waals surface area (Å²) in [6, 6.07) is 6.06. The van der Waals surface area contributed by atoms with Gasteiger partial charge in [-0.3, -0.25) is 0 Å². The molecule has 1 atom stereocenters. The third-order valence-electron chi connectivity index (χ3n) is 4.22. The number of aryl methyl sites for hydroxylation is 1. The monoisotopic (exact) mass is 340 g/mol. The van der Waals surface area contributed by atoms with Gasteiger partial charge in [0.2, 0.25) is 0 Å². The van der Waals surface area contributed by atoms with E-state index >= 15 is 0 Å². The fourth-order valence-electron chi connectivity index (χ4n) is 2.79. The van der Waals surface area contributed by atoms with Gasteiger partial charge in [-0.25, -0.2) is 8.42 Å². The van der Waals surface area contributed by atoms with Crippen LogP contribution in [0.1, 0.15) is 30.9 Å². The van der Waals surface area contributed by atoms with Crippen LogP contribution in [0.5, 0.6) is 0 Å². The van der Waals surface area contributed by atoms with Crippen molar-refractivity contribution >= 4 is 32.9 Å². The fourth-order valence-corrected chi connectivity index (χ4v) is 4.87. The molecular formula is C16H24N2O2S2. The van der Waals surface area contributed by atoms with Crippen molar-refractivity contribution in [1.29, 1.82) is 0 Å². The highest BCUT2D eigenvalue weighted by Crippen LogP contribution is 2.22. The van der Waals surface area contributed by atoms with E-state index in [-0.39, 0.29) is 17.5 Å². The minimum absolute atomic E-state index is 0.00457. The molecule has 1 fully saturated rings. The first-order chi connectivity index (χ1) is 10.3. The summed E-state index contributed by atoms with van der Waals surface area (Å²) in [5.74, 6) is 0.478. The van der Waals surface area contributed by atoms with Crippen molar-refractivity contribution in [2.75, 3.05) is 23.4 Å². The van der Waals surface area contributed by atoms with Gasteiger partial charge >= 0.3 is 0 Å². The van der Waals surface area contributed by atoms with E-state index < -0.39 is 9.84 Å². The molecule has 6 heteroatoms. The molecule has 1 aliphatic heterocycles. The lowest BCUT2D eigenvalue weighted by Crippen LogP contribution is -2.44. The first kappa shape index (κ1) is 17.2. The van der Waals surface area contributed by atoms with Crippen LogP contribution in [0.3, 0.4) is 0 Å². The van der Waals surface area contributed by atoms with Crippen LogP contribution in [0.15, 0.2) is 18.2 Å². The quantitative estimate of drug-likeness (QED) is 0.854. The molecule has 0 aliphatic carbocycles. The molecule has 22 heavy (non-hydrogen) atoms. The number of rotatable bonds is 4. The van der Waals surface area contributed by atoms with Crippen molar-refractivity contribution in [2.45, 2.75) is 39.7 Å². The van der Waals surface area contributed by atoms with Crippen LogP contribution >= 0.6 is 12.2 Å². The van der Waals surface area contributed by atoms with E-state index in [9.17, 15) is 8.42 Å². The van der Waals surface area contributed by atoms with Crippen molar-refractivity contribution in [2.24, 2.45) is 0 Å². The summed E-state index contributed by atoms with van der Waals surface area (Å²) in [7, 11) is -2.91. The maximum absolute atomic E-state index is 11.7. The summed E-state index contributed by atoms with van der Waals surface area (Å²) in [6.45, 7) is 6.98. The molecule has 1 aliphatic rings. The molecule has 4 nitrogen and oxygen atoms in total. The maximum atomic E-state index is 11.7. The molecule has 1 aromatic carbocycles. The van der Waals surface area contributed by atoms with Gasteiger partial charge in [-0.1, -0.05) is 19.1 Å². The summed E-state index contributed by atoms with van der Waals surface area (Å²) in [6.07, 6.45) is 1.60. The Morgan fingerprint density at radius 1 is 1.41 bits per heavy atom. The number of anilines is 1. The molecule has 0 unspecified atom stereocenters. The minimum Gasteiger partial charge on any atom is -0.345 e. The summed E-state index contributed by atoms with van der Waals surface area (Å²) in [5.41, 5.74) is 3.37. The van der Waals surface area contributed by atoms with E-state index in [1.807, 2.05) is 17.0 Å². The summed E-state index contributed by atoms with van der Waals surface area (Å²) < 4.78 is 23.5. The van der Waals surface area contributed by atoms with E-state index in [4.69, 9.17) is 12.2 Å². The average molecular weight is 341 g/mol. The molecule has 1 heterocycles. The van der Waals surface area contributed by atoms with Gasteiger partial charge in [0.1, 0.15) is 0 Å². The third kappa shape index (κ3) is 3.98.